The summed E-state index contributed by atoms with van der Waals surface area (Å²) in [5.74, 6) is 0.583. The van der Waals surface area contributed by atoms with Gasteiger partial charge in [0, 0.05) is 0 Å². The molecule has 1 N–H and O–H groups in total. The maximum Gasteiger partial charge on any atom is 0.0715 e. The van der Waals surface area contributed by atoms with Gasteiger partial charge in [0.2, 0.25) is 0 Å². The minimum absolute atomic E-state index is 0.348. The number of hydrogen-bond acceptors (Lipinski definition) is 1. The van der Waals surface area contributed by atoms with E-state index in [0.29, 0.717) is 5.92 Å². The highest BCUT2D eigenvalue weighted by Gasteiger charge is 2.37. The molecule has 1 saturated carbocycles. The molecule has 80 valence electrons. The summed E-state index contributed by atoms with van der Waals surface area (Å²) in [4.78, 5) is 0. The number of hydrogen-bond donors (Lipinski definition) is 1. The van der Waals surface area contributed by atoms with Crippen LogP contribution in [0.15, 0.2) is 11.6 Å². The zero-order valence-electron chi connectivity index (χ0n) is 9.26. The summed E-state index contributed by atoms with van der Waals surface area (Å²) in [6.07, 6.45) is 11.8. The predicted molar refractivity (Wildman–Crippen MR) is 59.1 cm³/mol. The Morgan fingerprint density at radius 2 is 2.00 bits per heavy atom. The molecule has 1 atom stereocenters. The van der Waals surface area contributed by atoms with Gasteiger partial charge in [-0.15, -0.1) is 0 Å². The van der Waals surface area contributed by atoms with Crippen LogP contribution in [0.25, 0.3) is 0 Å². The summed E-state index contributed by atoms with van der Waals surface area (Å²) in [6.45, 7) is 2.16. The topological polar surface area (TPSA) is 20.2 Å². The molecule has 0 spiro atoms. The first kappa shape index (κ1) is 10.2. The second kappa shape index (κ2) is 4.06. The van der Waals surface area contributed by atoms with E-state index < -0.39 is 0 Å². The summed E-state index contributed by atoms with van der Waals surface area (Å²) in [7, 11) is 0. The molecule has 0 aromatic heterocycles. The summed E-state index contributed by atoms with van der Waals surface area (Å²) < 4.78 is 0. The highest BCUT2D eigenvalue weighted by Crippen LogP contribution is 2.41. The Morgan fingerprint density at radius 1 is 1.29 bits per heavy atom. The van der Waals surface area contributed by atoms with Crippen LogP contribution in [-0.4, -0.2) is 10.7 Å². The van der Waals surface area contributed by atoms with E-state index in [-0.39, 0.29) is 5.60 Å². The molecule has 1 unspecified atom stereocenters. The molecule has 0 aromatic rings. The van der Waals surface area contributed by atoms with E-state index in [4.69, 9.17) is 0 Å². The second-order valence-corrected chi connectivity index (χ2v) is 5.20. The fourth-order valence-corrected chi connectivity index (χ4v) is 3.20. The van der Waals surface area contributed by atoms with E-state index >= 15 is 0 Å². The summed E-state index contributed by atoms with van der Waals surface area (Å²) in [5, 5.41) is 10.6. The molecule has 1 nitrogen and oxygen atoms in total. The molecule has 1 heteroatoms. The van der Waals surface area contributed by atoms with Gasteiger partial charge in [0.1, 0.15) is 0 Å². The molecular formula is C13H22O. The van der Waals surface area contributed by atoms with Gasteiger partial charge in [-0.2, -0.15) is 0 Å². The Morgan fingerprint density at radius 3 is 2.64 bits per heavy atom. The van der Waals surface area contributed by atoms with Crippen LogP contribution in [0.2, 0.25) is 0 Å². The van der Waals surface area contributed by atoms with Gasteiger partial charge in [0.15, 0.2) is 0 Å². The lowest BCUT2D eigenvalue weighted by Gasteiger charge is -2.40. The van der Waals surface area contributed by atoms with Crippen LogP contribution in [-0.2, 0) is 0 Å². The normalized spacial score (nSPS) is 35.4. The fourth-order valence-electron chi connectivity index (χ4n) is 3.20. The van der Waals surface area contributed by atoms with E-state index in [9.17, 15) is 5.11 Å². The van der Waals surface area contributed by atoms with Crippen molar-refractivity contribution in [3.63, 3.8) is 0 Å². The fraction of sp³-hybridized carbons (Fsp3) is 0.846. The van der Waals surface area contributed by atoms with Crippen LogP contribution >= 0.6 is 0 Å². The van der Waals surface area contributed by atoms with Gasteiger partial charge in [-0.25, -0.2) is 0 Å². The third-order valence-corrected chi connectivity index (χ3v) is 4.02. The maximum atomic E-state index is 10.6. The van der Waals surface area contributed by atoms with E-state index in [2.05, 4.69) is 13.0 Å². The van der Waals surface area contributed by atoms with Crippen molar-refractivity contribution in [2.45, 2.75) is 63.9 Å². The molecule has 0 heterocycles. The molecule has 0 bridgehead atoms. The average Bonchev–Trinajstić information content (AvgIpc) is 2.19. The molecule has 0 aliphatic heterocycles. The molecule has 1 fully saturated rings. The van der Waals surface area contributed by atoms with E-state index in [0.717, 1.165) is 19.3 Å². The van der Waals surface area contributed by atoms with Crippen LogP contribution in [0, 0.1) is 5.92 Å². The minimum atomic E-state index is -0.348. The SMILES string of the molecule is CC1=CCCC(O)(C2CCCCC2)C1. The van der Waals surface area contributed by atoms with E-state index in [1.54, 1.807) is 0 Å². The lowest BCUT2D eigenvalue weighted by atomic mass is 9.70. The number of allylic oxidation sites excluding steroid dienone is 1. The first-order valence-corrected chi connectivity index (χ1v) is 6.09. The Balaban J connectivity index is 2.03. The van der Waals surface area contributed by atoms with Gasteiger partial charge < -0.3 is 5.11 Å². The Hall–Kier alpha value is -0.300. The standard InChI is InChI=1S/C13H22O/c1-11-6-5-9-13(14,10-11)12-7-3-2-4-8-12/h6,12,14H,2-5,7-10H2,1H3. The first-order chi connectivity index (χ1) is 6.71. The molecular weight excluding hydrogens is 172 g/mol. The number of aliphatic hydroxyl groups is 1. The largest absolute Gasteiger partial charge is 0.389 e. The van der Waals surface area contributed by atoms with Crippen molar-refractivity contribution >= 4 is 0 Å². The summed E-state index contributed by atoms with van der Waals surface area (Å²) in [5.41, 5.74) is 1.04. The lowest BCUT2D eigenvalue weighted by molar-refractivity contribution is -0.0424. The summed E-state index contributed by atoms with van der Waals surface area (Å²) in [6, 6.07) is 0. The molecule has 2 rings (SSSR count). The van der Waals surface area contributed by atoms with Crippen molar-refractivity contribution in [1.29, 1.82) is 0 Å². The Kier molecular flexibility index (Phi) is 2.96. The molecule has 2 aliphatic rings. The highest BCUT2D eigenvalue weighted by molar-refractivity contribution is 5.10. The van der Waals surface area contributed by atoms with Crippen LogP contribution in [0.1, 0.15) is 58.3 Å². The van der Waals surface area contributed by atoms with Gasteiger partial charge in [-0.3, -0.25) is 0 Å². The zero-order chi connectivity index (χ0) is 10.0. The molecule has 0 radical (unpaired) electrons. The van der Waals surface area contributed by atoms with Crippen molar-refractivity contribution in [3.05, 3.63) is 11.6 Å². The Bertz CT molecular complexity index is 225. The van der Waals surface area contributed by atoms with Crippen molar-refractivity contribution in [2.24, 2.45) is 5.92 Å². The molecule has 0 aromatic carbocycles. The van der Waals surface area contributed by atoms with E-state index in [1.807, 2.05) is 0 Å². The van der Waals surface area contributed by atoms with Gasteiger partial charge >= 0.3 is 0 Å². The van der Waals surface area contributed by atoms with E-state index in [1.165, 1.54) is 37.7 Å². The molecule has 14 heavy (non-hydrogen) atoms. The summed E-state index contributed by atoms with van der Waals surface area (Å²) >= 11 is 0. The third-order valence-electron chi connectivity index (χ3n) is 4.02. The molecule has 0 saturated heterocycles. The van der Waals surface area contributed by atoms with Crippen molar-refractivity contribution < 1.29 is 5.11 Å². The second-order valence-electron chi connectivity index (χ2n) is 5.20. The zero-order valence-corrected chi connectivity index (χ0v) is 9.26. The molecule has 0 amide bonds. The highest BCUT2D eigenvalue weighted by atomic mass is 16.3. The number of rotatable bonds is 1. The van der Waals surface area contributed by atoms with Crippen LogP contribution in [0.5, 0.6) is 0 Å². The third kappa shape index (κ3) is 2.03. The molecule has 2 aliphatic carbocycles. The van der Waals surface area contributed by atoms with Gasteiger partial charge in [-0.1, -0.05) is 30.9 Å². The van der Waals surface area contributed by atoms with Crippen LogP contribution < -0.4 is 0 Å². The lowest BCUT2D eigenvalue weighted by Crippen LogP contribution is -2.40. The van der Waals surface area contributed by atoms with Gasteiger partial charge in [-0.05, 0) is 44.9 Å². The monoisotopic (exact) mass is 194 g/mol. The van der Waals surface area contributed by atoms with Gasteiger partial charge in [0.25, 0.3) is 0 Å². The minimum Gasteiger partial charge on any atom is -0.389 e. The van der Waals surface area contributed by atoms with Crippen molar-refractivity contribution in [1.82, 2.24) is 0 Å². The maximum absolute atomic E-state index is 10.6. The van der Waals surface area contributed by atoms with Crippen LogP contribution in [0.4, 0.5) is 0 Å². The smallest absolute Gasteiger partial charge is 0.0715 e. The average molecular weight is 194 g/mol. The van der Waals surface area contributed by atoms with Crippen LogP contribution in [0.3, 0.4) is 0 Å². The van der Waals surface area contributed by atoms with Crippen molar-refractivity contribution in [3.8, 4) is 0 Å². The Labute approximate surface area is 87.2 Å². The van der Waals surface area contributed by atoms with Gasteiger partial charge in [0.05, 0.1) is 5.60 Å². The van der Waals surface area contributed by atoms with Crippen molar-refractivity contribution in [2.75, 3.05) is 0 Å². The predicted octanol–water partition coefficient (Wildman–Crippen LogP) is 3.43. The quantitative estimate of drug-likeness (QED) is 0.634. The first-order valence-electron chi connectivity index (χ1n) is 6.09.